The van der Waals surface area contributed by atoms with Crippen molar-refractivity contribution in [2.75, 3.05) is 20.2 Å². The maximum atomic E-state index is 12.9. The summed E-state index contributed by atoms with van der Waals surface area (Å²) >= 11 is 0. The standard InChI is InChI=1S/C13H18FNO2/c1-15-8-12-5-6-13(17-12)9-16-11-4-2-3-10(14)7-11/h2-4,7,12-13,15H,5-6,8-9H2,1H3. The zero-order valence-electron chi connectivity index (χ0n) is 9.99. The first-order valence-corrected chi connectivity index (χ1v) is 5.96. The highest BCUT2D eigenvalue weighted by molar-refractivity contribution is 5.22. The van der Waals surface area contributed by atoms with Crippen LogP contribution in [-0.4, -0.2) is 32.4 Å². The van der Waals surface area contributed by atoms with Gasteiger partial charge in [-0.1, -0.05) is 6.07 Å². The van der Waals surface area contributed by atoms with E-state index in [0.29, 0.717) is 12.4 Å². The summed E-state index contributed by atoms with van der Waals surface area (Å²) in [5.74, 6) is 0.286. The van der Waals surface area contributed by atoms with Gasteiger partial charge in [-0.05, 0) is 32.0 Å². The van der Waals surface area contributed by atoms with Gasteiger partial charge in [0, 0.05) is 12.6 Å². The smallest absolute Gasteiger partial charge is 0.126 e. The molecule has 0 aliphatic carbocycles. The van der Waals surface area contributed by atoms with E-state index in [9.17, 15) is 4.39 Å². The Hall–Kier alpha value is -1.13. The van der Waals surface area contributed by atoms with Gasteiger partial charge in [0.05, 0.1) is 12.2 Å². The lowest BCUT2D eigenvalue weighted by Gasteiger charge is -2.14. The molecule has 94 valence electrons. The molecule has 1 heterocycles. The van der Waals surface area contributed by atoms with Gasteiger partial charge in [0.1, 0.15) is 18.2 Å². The van der Waals surface area contributed by atoms with E-state index in [4.69, 9.17) is 9.47 Å². The number of rotatable bonds is 5. The molecule has 3 nitrogen and oxygen atoms in total. The first-order valence-electron chi connectivity index (χ1n) is 5.96. The molecule has 0 bridgehead atoms. The molecule has 1 N–H and O–H groups in total. The first-order chi connectivity index (χ1) is 8.28. The molecule has 17 heavy (non-hydrogen) atoms. The number of halogens is 1. The van der Waals surface area contributed by atoms with E-state index < -0.39 is 0 Å². The van der Waals surface area contributed by atoms with Gasteiger partial charge in [-0.15, -0.1) is 0 Å². The van der Waals surface area contributed by atoms with Crippen LogP contribution >= 0.6 is 0 Å². The molecule has 1 saturated heterocycles. The second-order valence-electron chi connectivity index (χ2n) is 4.28. The van der Waals surface area contributed by atoms with Gasteiger partial charge in [-0.25, -0.2) is 4.39 Å². The molecule has 0 spiro atoms. The third-order valence-electron chi connectivity index (χ3n) is 2.86. The van der Waals surface area contributed by atoms with E-state index >= 15 is 0 Å². The zero-order valence-corrected chi connectivity index (χ0v) is 9.99. The van der Waals surface area contributed by atoms with Crippen molar-refractivity contribution in [3.63, 3.8) is 0 Å². The number of benzene rings is 1. The van der Waals surface area contributed by atoms with Gasteiger partial charge >= 0.3 is 0 Å². The molecule has 0 aromatic heterocycles. The summed E-state index contributed by atoms with van der Waals surface area (Å²) in [5, 5.41) is 3.10. The molecule has 4 heteroatoms. The van der Waals surface area contributed by atoms with Gasteiger partial charge < -0.3 is 14.8 Å². The molecule has 1 fully saturated rings. The van der Waals surface area contributed by atoms with Gasteiger partial charge in [-0.2, -0.15) is 0 Å². The highest BCUT2D eigenvalue weighted by atomic mass is 19.1. The van der Waals surface area contributed by atoms with E-state index in [1.807, 2.05) is 7.05 Å². The van der Waals surface area contributed by atoms with Crippen LogP contribution in [0.1, 0.15) is 12.8 Å². The predicted molar refractivity (Wildman–Crippen MR) is 63.7 cm³/mol. The maximum absolute atomic E-state index is 12.9. The Labute approximate surface area is 101 Å². The third-order valence-corrected chi connectivity index (χ3v) is 2.86. The minimum Gasteiger partial charge on any atom is -0.491 e. The van der Waals surface area contributed by atoms with Crippen molar-refractivity contribution >= 4 is 0 Å². The average Bonchev–Trinajstić information content (AvgIpc) is 2.75. The molecule has 0 radical (unpaired) electrons. The van der Waals surface area contributed by atoms with Crippen molar-refractivity contribution in [1.82, 2.24) is 5.32 Å². The fourth-order valence-electron chi connectivity index (χ4n) is 2.03. The van der Waals surface area contributed by atoms with Gasteiger partial charge in [0.2, 0.25) is 0 Å². The SMILES string of the molecule is CNCC1CCC(COc2cccc(F)c2)O1. The molecule has 1 aliphatic heterocycles. The summed E-state index contributed by atoms with van der Waals surface area (Å²) in [6.45, 7) is 1.36. The molecule has 1 aromatic rings. The Bertz CT molecular complexity index is 359. The zero-order chi connectivity index (χ0) is 12.1. The van der Waals surface area contributed by atoms with Crippen molar-refractivity contribution in [3.8, 4) is 5.75 Å². The Balaban J connectivity index is 1.76. The Morgan fingerprint density at radius 2 is 2.24 bits per heavy atom. The number of likely N-dealkylation sites (N-methyl/N-ethyl adjacent to an activating group) is 1. The summed E-state index contributed by atoms with van der Waals surface area (Å²) in [6.07, 6.45) is 2.46. The normalized spacial score (nSPS) is 23.9. The Morgan fingerprint density at radius 3 is 3.00 bits per heavy atom. The monoisotopic (exact) mass is 239 g/mol. The van der Waals surface area contributed by atoms with E-state index in [2.05, 4.69) is 5.32 Å². The molecule has 2 unspecified atom stereocenters. The minimum atomic E-state index is -0.275. The van der Waals surface area contributed by atoms with Crippen LogP contribution in [0.3, 0.4) is 0 Å². The van der Waals surface area contributed by atoms with Crippen LogP contribution in [0.2, 0.25) is 0 Å². The molecule has 2 atom stereocenters. The second-order valence-corrected chi connectivity index (χ2v) is 4.28. The van der Waals surface area contributed by atoms with Crippen LogP contribution in [0.15, 0.2) is 24.3 Å². The number of hydrogen-bond donors (Lipinski definition) is 1. The third kappa shape index (κ3) is 3.68. The Morgan fingerprint density at radius 1 is 1.41 bits per heavy atom. The van der Waals surface area contributed by atoms with Crippen molar-refractivity contribution in [3.05, 3.63) is 30.1 Å². The molecular weight excluding hydrogens is 221 g/mol. The molecule has 0 saturated carbocycles. The average molecular weight is 239 g/mol. The van der Waals surface area contributed by atoms with Crippen molar-refractivity contribution < 1.29 is 13.9 Å². The fraction of sp³-hybridized carbons (Fsp3) is 0.538. The predicted octanol–water partition coefficient (Wildman–Crippen LogP) is 1.97. The summed E-state index contributed by atoms with van der Waals surface area (Å²) in [6, 6.07) is 6.19. The summed E-state index contributed by atoms with van der Waals surface area (Å²) in [5.41, 5.74) is 0. The van der Waals surface area contributed by atoms with Crippen molar-refractivity contribution in [2.45, 2.75) is 25.0 Å². The van der Waals surface area contributed by atoms with Crippen molar-refractivity contribution in [1.29, 1.82) is 0 Å². The molecule has 2 rings (SSSR count). The van der Waals surface area contributed by atoms with E-state index in [1.165, 1.54) is 12.1 Å². The Kier molecular flexibility index (Phi) is 4.34. The second kappa shape index (κ2) is 5.98. The minimum absolute atomic E-state index is 0.122. The highest BCUT2D eigenvalue weighted by Gasteiger charge is 2.24. The van der Waals surface area contributed by atoms with E-state index in [-0.39, 0.29) is 18.0 Å². The van der Waals surface area contributed by atoms with E-state index in [1.54, 1.807) is 12.1 Å². The van der Waals surface area contributed by atoms with Gasteiger partial charge in [0.15, 0.2) is 0 Å². The molecule has 0 amide bonds. The largest absolute Gasteiger partial charge is 0.491 e. The van der Waals surface area contributed by atoms with Crippen LogP contribution < -0.4 is 10.1 Å². The topological polar surface area (TPSA) is 30.5 Å². The van der Waals surface area contributed by atoms with Crippen LogP contribution in [-0.2, 0) is 4.74 Å². The van der Waals surface area contributed by atoms with Crippen molar-refractivity contribution in [2.24, 2.45) is 0 Å². The quantitative estimate of drug-likeness (QED) is 0.852. The van der Waals surface area contributed by atoms with Crippen LogP contribution in [0.4, 0.5) is 4.39 Å². The number of hydrogen-bond acceptors (Lipinski definition) is 3. The van der Waals surface area contributed by atoms with Crippen LogP contribution in [0, 0.1) is 5.82 Å². The summed E-state index contributed by atoms with van der Waals surface area (Å²) < 4.78 is 24.2. The van der Waals surface area contributed by atoms with E-state index in [0.717, 1.165) is 19.4 Å². The fourth-order valence-corrected chi connectivity index (χ4v) is 2.03. The summed E-state index contributed by atoms with van der Waals surface area (Å²) in [7, 11) is 1.92. The lowest BCUT2D eigenvalue weighted by atomic mass is 10.2. The lowest BCUT2D eigenvalue weighted by Crippen LogP contribution is -2.25. The van der Waals surface area contributed by atoms with Gasteiger partial charge in [-0.3, -0.25) is 0 Å². The number of nitrogens with one attached hydrogen (secondary N) is 1. The lowest BCUT2D eigenvalue weighted by molar-refractivity contribution is 0.0193. The highest BCUT2D eigenvalue weighted by Crippen LogP contribution is 2.20. The van der Waals surface area contributed by atoms with Crippen LogP contribution in [0.25, 0.3) is 0 Å². The van der Waals surface area contributed by atoms with Gasteiger partial charge in [0.25, 0.3) is 0 Å². The molecule has 1 aliphatic rings. The molecular formula is C13H18FNO2. The first kappa shape index (κ1) is 12.3. The number of ether oxygens (including phenoxy) is 2. The summed E-state index contributed by atoms with van der Waals surface area (Å²) in [4.78, 5) is 0. The van der Waals surface area contributed by atoms with Crippen LogP contribution in [0.5, 0.6) is 5.75 Å². The molecule has 1 aromatic carbocycles. The maximum Gasteiger partial charge on any atom is 0.126 e.